The number of hydrogen-bond donors (Lipinski definition) is 3. The zero-order chi connectivity index (χ0) is 22.3. The van der Waals surface area contributed by atoms with Crippen LogP contribution in [0.15, 0.2) is 29.3 Å². The molecular formula is C22H35IN6O3. The van der Waals surface area contributed by atoms with Gasteiger partial charge in [-0.3, -0.25) is 19.5 Å². The fourth-order valence-corrected chi connectivity index (χ4v) is 3.75. The Bertz CT molecular complexity index is 793. The molecule has 10 heteroatoms. The van der Waals surface area contributed by atoms with E-state index in [0.29, 0.717) is 25.2 Å². The van der Waals surface area contributed by atoms with Crippen LogP contribution in [0.2, 0.25) is 0 Å². The Morgan fingerprint density at radius 1 is 1.16 bits per heavy atom. The van der Waals surface area contributed by atoms with Crippen LogP contribution in [0, 0.1) is 0 Å². The van der Waals surface area contributed by atoms with E-state index in [-0.39, 0.29) is 47.9 Å². The largest absolute Gasteiger partial charge is 0.379 e. The minimum absolute atomic E-state index is 0. The summed E-state index contributed by atoms with van der Waals surface area (Å²) in [5.41, 5.74) is 1.63. The van der Waals surface area contributed by atoms with Crippen LogP contribution in [-0.4, -0.2) is 92.6 Å². The molecule has 2 heterocycles. The van der Waals surface area contributed by atoms with E-state index < -0.39 is 0 Å². The lowest BCUT2D eigenvalue weighted by Gasteiger charge is -2.41. The number of carbonyl (C=O) groups excluding carboxylic acids is 2. The van der Waals surface area contributed by atoms with Crippen molar-refractivity contribution < 1.29 is 14.3 Å². The summed E-state index contributed by atoms with van der Waals surface area (Å²) >= 11 is 0. The highest BCUT2D eigenvalue weighted by Gasteiger charge is 2.28. The molecule has 9 nitrogen and oxygen atoms in total. The molecule has 0 unspecified atom stereocenters. The van der Waals surface area contributed by atoms with Crippen LogP contribution in [0.3, 0.4) is 0 Å². The van der Waals surface area contributed by atoms with Crippen LogP contribution in [0.25, 0.3) is 0 Å². The molecule has 0 atom stereocenters. The number of amides is 2. The summed E-state index contributed by atoms with van der Waals surface area (Å²) < 4.78 is 5.45. The number of nitrogens with one attached hydrogen (secondary N) is 3. The molecule has 0 bridgehead atoms. The van der Waals surface area contributed by atoms with Crippen molar-refractivity contribution in [1.82, 2.24) is 25.8 Å². The lowest BCUT2D eigenvalue weighted by atomic mass is 10.0. The Hall–Kier alpha value is -1.92. The third-order valence-electron chi connectivity index (χ3n) is 5.77. The van der Waals surface area contributed by atoms with Crippen molar-refractivity contribution >= 4 is 41.8 Å². The summed E-state index contributed by atoms with van der Waals surface area (Å²) in [6.45, 7) is 10.4. The molecule has 2 aliphatic rings. The zero-order valence-electron chi connectivity index (χ0n) is 19.1. The second kappa shape index (κ2) is 12.4. The van der Waals surface area contributed by atoms with E-state index in [9.17, 15) is 9.59 Å². The van der Waals surface area contributed by atoms with Crippen molar-refractivity contribution in [3.63, 3.8) is 0 Å². The lowest BCUT2D eigenvalue weighted by molar-refractivity contribution is -0.123. The number of aliphatic imine (C=N–C) groups is 1. The quantitative estimate of drug-likeness (QED) is 0.270. The number of piperazine rings is 1. The molecule has 2 aliphatic heterocycles. The normalized spacial score (nSPS) is 17.9. The van der Waals surface area contributed by atoms with Crippen LogP contribution in [0.5, 0.6) is 0 Å². The molecule has 1 aromatic carbocycles. The van der Waals surface area contributed by atoms with Gasteiger partial charge in [-0.1, -0.05) is 12.1 Å². The second-order valence-corrected chi connectivity index (χ2v) is 8.46. The topological polar surface area (TPSA) is 98.3 Å². The zero-order valence-corrected chi connectivity index (χ0v) is 21.5. The van der Waals surface area contributed by atoms with Gasteiger partial charge >= 0.3 is 0 Å². The van der Waals surface area contributed by atoms with Gasteiger partial charge in [-0.2, -0.15) is 0 Å². The number of halogens is 1. The van der Waals surface area contributed by atoms with Crippen LogP contribution in [-0.2, 0) is 16.1 Å². The molecule has 0 spiro atoms. The minimum atomic E-state index is -0.115. The number of carbonyl (C=O) groups is 2. The van der Waals surface area contributed by atoms with E-state index in [4.69, 9.17) is 4.74 Å². The van der Waals surface area contributed by atoms with E-state index in [2.05, 4.69) is 39.7 Å². The maximum absolute atomic E-state index is 12.6. The van der Waals surface area contributed by atoms with Crippen LogP contribution >= 0.6 is 24.0 Å². The average Bonchev–Trinajstić information content (AvgIpc) is 2.79. The first kappa shape index (κ1) is 26.3. The van der Waals surface area contributed by atoms with Gasteiger partial charge in [0.15, 0.2) is 5.96 Å². The molecule has 0 radical (unpaired) electrons. The summed E-state index contributed by atoms with van der Waals surface area (Å²) in [6.07, 6.45) is 0. The second-order valence-electron chi connectivity index (χ2n) is 8.46. The molecule has 0 aliphatic carbocycles. The highest BCUT2D eigenvalue weighted by Crippen LogP contribution is 2.15. The Kier molecular flexibility index (Phi) is 10.2. The number of morpholine rings is 1. The van der Waals surface area contributed by atoms with Crippen molar-refractivity contribution in [2.75, 3.05) is 59.5 Å². The summed E-state index contributed by atoms with van der Waals surface area (Å²) in [5.74, 6) is 0.508. The predicted molar refractivity (Wildman–Crippen MR) is 135 cm³/mol. The van der Waals surface area contributed by atoms with Crippen LogP contribution in [0.1, 0.15) is 29.8 Å². The molecule has 178 valence electrons. The van der Waals surface area contributed by atoms with Gasteiger partial charge in [-0.25, -0.2) is 0 Å². The first-order chi connectivity index (χ1) is 14.9. The maximum Gasteiger partial charge on any atom is 0.254 e. The van der Waals surface area contributed by atoms with Gasteiger partial charge < -0.3 is 25.6 Å². The SMILES string of the molecule is CN=C(NCc1ccc(C(=O)N2CCNC(=O)C2)cc1)NCC(C)(C)N1CCOCC1.I. The number of ether oxygens (including phenoxy) is 1. The fraction of sp³-hybridized carbons (Fsp3) is 0.591. The van der Waals surface area contributed by atoms with Crippen LogP contribution in [0.4, 0.5) is 0 Å². The third-order valence-corrected chi connectivity index (χ3v) is 5.77. The van der Waals surface area contributed by atoms with Crippen LogP contribution < -0.4 is 16.0 Å². The highest BCUT2D eigenvalue weighted by molar-refractivity contribution is 14.0. The predicted octanol–water partition coefficient (Wildman–Crippen LogP) is 0.652. The van der Waals surface area contributed by atoms with Gasteiger partial charge in [-0.05, 0) is 31.5 Å². The number of nitrogens with zero attached hydrogens (tertiary/aromatic N) is 3. The van der Waals surface area contributed by atoms with Crippen molar-refractivity contribution in [3.05, 3.63) is 35.4 Å². The van der Waals surface area contributed by atoms with Gasteiger partial charge in [0.1, 0.15) is 0 Å². The van der Waals surface area contributed by atoms with Gasteiger partial charge in [0.2, 0.25) is 5.91 Å². The van der Waals surface area contributed by atoms with Crippen molar-refractivity contribution in [3.8, 4) is 0 Å². The third kappa shape index (κ3) is 7.31. The average molecular weight is 558 g/mol. The molecule has 2 amide bonds. The number of benzene rings is 1. The van der Waals surface area contributed by atoms with E-state index in [1.165, 1.54) is 0 Å². The maximum atomic E-state index is 12.6. The van der Waals surface area contributed by atoms with E-state index in [1.54, 1.807) is 11.9 Å². The Labute approximate surface area is 207 Å². The standard InChI is InChI=1S/C22H34N6O3.HI/c1-22(2,28-10-12-31-13-11-28)16-26-21(23-3)25-14-17-4-6-18(7-5-17)20(30)27-9-8-24-19(29)15-27;/h4-7H,8-16H2,1-3H3,(H,24,29)(H2,23,25,26);1H. The van der Waals surface area contributed by atoms with E-state index >= 15 is 0 Å². The molecule has 32 heavy (non-hydrogen) atoms. The highest BCUT2D eigenvalue weighted by atomic mass is 127. The Morgan fingerprint density at radius 3 is 2.47 bits per heavy atom. The summed E-state index contributed by atoms with van der Waals surface area (Å²) in [6, 6.07) is 7.47. The first-order valence-electron chi connectivity index (χ1n) is 10.8. The lowest BCUT2D eigenvalue weighted by Crippen LogP contribution is -2.56. The Balaban J connectivity index is 0.00000363. The first-order valence-corrected chi connectivity index (χ1v) is 10.8. The molecular weight excluding hydrogens is 523 g/mol. The van der Waals surface area contributed by atoms with E-state index in [1.807, 2.05) is 24.3 Å². The molecule has 0 aromatic heterocycles. The summed E-state index contributed by atoms with van der Waals surface area (Å²) in [5, 5.41) is 9.47. The van der Waals surface area contributed by atoms with Gasteiger partial charge in [0.25, 0.3) is 5.91 Å². The summed E-state index contributed by atoms with van der Waals surface area (Å²) in [4.78, 5) is 32.4. The molecule has 2 fully saturated rings. The molecule has 0 saturated carbocycles. The molecule has 3 rings (SSSR count). The van der Waals surface area contributed by atoms with Crippen molar-refractivity contribution in [1.29, 1.82) is 0 Å². The smallest absolute Gasteiger partial charge is 0.254 e. The molecule has 1 aromatic rings. The number of rotatable bonds is 6. The minimum Gasteiger partial charge on any atom is -0.379 e. The van der Waals surface area contributed by atoms with E-state index in [0.717, 1.165) is 44.4 Å². The van der Waals surface area contributed by atoms with Gasteiger partial charge in [0.05, 0.1) is 19.8 Å². The van der Waals surface area contributed by atoms with Crippen molar-refractivity contribution in [2.45, 2.75) is 25.9 Å². The fourth-order valence-electron chi connectivity index (χ4n) is 3.75. The van der Waals surface area contributed by atoms with Gasteiger partial charge in [-0.15, -0.1) is 24.0 Å². The molecule has 2 saturated heterocycles. The van der Waals surface area contributed by atoms with Crippen molar-refractivity contribution in [2.24, 2.45) is 4.99 Å². The Morgan fingerprint density at radius 2 is 1.84 bits per heavy atom. The summed E-state index contributed by atoms with van der Waals surface area (Å²) in [7, 11) is 1.76. The molecule has 3 N–H and O–H groups in total. The number of hydrogen-bond acceptors (Lipinski definition) is 5. The number of guanidine groups is 1. The monoisotopic (exact) mass is 558 g/mol. The van der Waals surface area contributed by atoms with Gasteiger partial charge in [0, 0.05) is 57.4 Å².